The highest BCUT2D eigenvalue weighted by Crippen LogP contribution is 2.40. The van der Waals surface area contributed by atoms with E-state index in [0.717, 1.165) is 12.0 Å². The molecule has 1 fully saturated rings. The Balaban J connectivity index is 1.54. The molecule has 3 amide bonds. The largest absolute Gasteiger partial charge is 0.479 e. The minimum atomic E-state index is -1.29. The van der Waals surface area contributed by atoms with Crippen molar-refractivity contribution in [2.45, 2.75) is 50.5 Å². The second-order valence-corrected chi connectivity index (χ2v) is 10.2. The van der Waals surface area contributed by atoms with Crippen LogP contribution in [-0.4, -0.2) is 57.6 Å². The van der Waals surface area contributed by atoms with Crippen LogP contribution in [0.3, 0.4) is 0 Å². The number of hydrogen-bond acceptors (Lipinski definition) is 6. The fourth-order valence-corrected chi connectivity index (χ4v) is 5.47. The molecule has 1 saturated heterocycles. The average Bonchev–Trinajstić information content (AvgIpc) is 3.35. The minimum Gasteiger partial charge on any atom is -0.479 e. The van der Waals surface area contributed by atoms with Crippen LogP contribution < -0.4 is 10.6 Å². The van der Waals surface area contributed by atoms with Crippen LogP contribution in [0.15, 0.2) is 54.6 Å². The Hall–Kier alpha value is -3.53. The van der Waals surface area contributed by atoms with E-state index in [-0.39, 0.29) is 19.1 Å². The molecule has 2 atom stereocenters. The molecular weight excluding hydrogens is 494 g/mol. The monoisotopic (exact) mass is 527 g/mol. The van der Waals surface area contributed by atoms with Gasteiger partial charge in [0.25, 0.3) is 0 Å². The first-order valence-corrected chi connectivity index (χ1v) is 13.3. The molecule has 9 nitrogen and oxygen atoms in total. The third-order valence-corrected chi connectivity index (χ3v) is 7.68. The number of nitrogens with zero attached hydrogens (tertiary/aromatic N) is 1. The number of benzene rings is 2. The maximum absolute atomic E-state index is 12.8. The summed E-state index contributed by atoms with van der Waals surface area (Å²) < 4.78 is 5.41. The van der Waals surface area contributed by atoms with Gasteiger partial charge in [0.05, 0.1) is 12.5 Å². The number of urea groups is 1. The van der Waals surface area contributed by atoms with Crippen LogP contribution in [0.4, 0.5) is 10.5 Å². The molecule has 1 heterocycles. The maximum atomic E-state index is 12.8. The molecule has 0 spiro atoms. The summed E-state index contributed by atoms with van der Waals surface area (Å²) in [7, 11) is 0. The highest BCUT2D eigenvalue weighted by Gasteiger charge is 2.50. The maximum Gasteiger partial charge on any atom is 0.340 e. The van der Waals surface area contributed by atoms with Crippen LogP contribution in [0.25, 0.3) is 0 Å². The Morgan fingerprint density at radius 1 is 1.14 bits per heavy atom. The van der Waals surface area contributed by atoms with E-state index in [1.165, 1.54) is 16.7 Å². The fraction of sp³-hybridized carbons (Fsp3) is 0.407. The Bertz CT molecular complexity index is 1110. The number of carboxylic acid groups (broad SMARTS) is 1. The number of rotatable bonds is 11. The number of thioether (sulfide) groups is 1. The second kappa shape index (κ2) is 13.1. The first-order chi connectivity index (χ1) is 17.8. The van der Waals surface area contributed by atoms with E-state index >= 15 is 0 Å². The van der Waals surface area contributed by atoms with E-state index in [2.05, 4.69) is 10.6 Å². The number of unbranched alkanes of at least 4 members (excludes halogenated alkanes) is 1. The quantitative estimate of drug-likeness (QED) is 0.374. The van der Waals surface area contributed by atoms with E-state index in [0.29, 0.717) is 36.4 Å². The first kappa shape index (κ1) is 28.0. The summed E-state index contributed by atoms with van der Waals surface area (Å²) in [6, 6.07) is 15.6. The van der Waals surface area contributed by atoms with Crippen molar-refractivity contribution in [3.63, 3.8) is 0 Å². The van der Waals surface area contributed by atoms with Gasteiger partial charge in [-0.3, -0.25) is 9.59 Å². The predicted octanol–water partition coefficient (Wildman–Crippen LogP) is 4.20. The van der Waals surface area contributed by atoms with Crippen molar-refractivity contribution in [1.29, 1.82) is 0 Å². The molecule has 198 valence electrons. The number of hydrogen-bond donors (Lipinski definition) is 3. The van der Waals surface area contributed by atoms with Gasteiger partial charge in [-0.15, -0.1) is 11.8 Å². The zero-order valence-corrected chi connectivity index (χ0v) is 21.9. The van der Waals surface area contributed by atoms with Gasteiger partial charge in [-0.05, 0) is 43.0 Å². The van der Waals surface area contributed by atoms with Crippen LogP contribution >= 0.6 is 11.8 Å². The van der Waals surface area contributed by atoms with E-state index in [9.17, 15) is 24.3 Å². The summed E-state index contributed by atoms with van der Waals surface area (Å²) >= 11 is 1.26. The zero-order chi connectivity index (χ0) is 26.8. The van der Waals surface area contributed by atoms with Gasteiger partial charge < -0.3 is 25.4 Å². The summed E-state index contributed by atoms with van der Waals surface area (Å²) in [5.74, 6) is -1.87. The zero-order valence-electron chi connectivity index (χ0n) is 21.1. The molecule has 0 saturated carbocycles. The van der Waals surface area contributed by atoms with Gasteiger partial charge in [-0.25, -0.2) is 9.59 Å². The van der Waals surface area contributed by atoms with Crippen molar-refractivity contribution >= 4 is 41.3 Å². The number of carbonyl (C=O) groups is 4. The van der Waals surface area contributed by atoms with Gasteiger partial charge in [-0.1, -0.05) is 55.8 Å². The summed E-state index contributed by atoms with van der Waals surface area (Å²) in [6.45, 7) is 3.87. The van der Waals surface area contributed by atoms with E-state index in [1.54, 1.807) is 31.2 Å². The molecule has 37 heavy (non-hydrogen) atoms. The topological polar surface area (TPSA) is 125 Å². The number of carboxylic acids is 1. The molecule has 1 aliphatic rings. The SMILES string of the molecule is CCCCC1(C(=O)O)SCCN1C(=O)CNC(=O)Nc1cccc([C@H](C)C(=O)OCc2ccccc2)c1. The smallest absolute Gasteiger partial charge is 0.340 e. The van der Waals surface area contributed by atoms with E-state index < -0.39 is 28.7 Å². The molecule has 2 aromatic carbocycles. The van der Waals surface area contributed by atoms with Gasteiger partial charge >= 0.3 is 18.0 Å². The Morgan fingerprint density at radius 3 is 2.59 bits per heavy atom. The van der Waals surface area contributed by atoms with E-state index in [4.69, 9.17) is 4.74 Å². The molecular formula is C27H33N3O6S. The third-order valence-electron chi connectivity index (χ3n) is 6.22. The second-order valence-electron chi connectivity index (χ2n) is 8.84. The summed E-state index contributed by atoms with van der Waals surface area (Å²) in [6.07, 6.45) is 1.87. The first-order valence-electron chi connectivity index (χ1n) is 12.3. The van der Waals surface area contributed by atoms with Gasteiger partial charge in [0.15, 0.2) is 4.87 Å². The normalized spacial score (nSPS) is 17.6. The molecule has 10 heteroatoms. The Morgan fingerprint density at radius 2 is 1.89 bits per heavy atom. The Labute approximate surface area is 220 Å². The number of carbonyl (C=O) groups excluding carboxylic acids is 3. The molecule has 0 bridgehead atoms. The lowest BCUT2D eigenvalue weighted by molar-refractivity contribution is -0.151. The van der Waals surface area contributed by atoms with Crippen molar-refractivity contribution in [2.75, 3.05) is 24.2 Å². The van der Waals surface area contributed by atoms with Crippen molar-refractivity contribution in [1.82, 2.24) is 10.2 Å². The lowest BCUT2D eigenvalue weighted by atomic mass is 10.0. The van der Waals surface area contributed by atoms with Crippen LogP contribution in [-0.2, 0) is 25.7 Å². The van der Waals surface area contributed by atoms with Crippen LogP contribution in [0.1, 0.15) is 50.2 Å². The van der Waals surface area contributed by atoms with Gasteiger partial charge in [0, 0.05) is 18.0 Å². The Kier molecular flexibility index (Phi) is 9.96. The van der Waals surface area contributed by atoms with Gasteiger partial charge in [0.2, 0.25) is 5.91 Å². The third kappa shape index (κ3) is 7.25. The summed E-state index contributed by atoms with van der Waals surface area (Å²) in [5, 5.41) is 15.0. The number of nitrogens with one attached hydrogen (secondary N) is 2. The number of amides is 3. The molecule has 0 radical (unpaired) electrons. The molecule has 3 rings (SSSR count). The molecule has 0 aliphatic carbocycles. The van der Waals surface area contributed by atoms with Crippen LogP contribution in [0.5, 0.6) is 0 Å². The lowest BCUT2D eigenvalue weighted by Gasteiger charge is -2.33. The summed E-state index contributed by atoms with van der Waals surface area (Å²) in [4.78, 5) is 49.9. The van der Waals surface area contributed by atoms with Gasteiger partial charge in [-0.2, -0.15) is 0 Å². The molecule has 3 N–H and O–H groups in total. The number of esters is 1. The van der Waals surface area contributed by atoms with Crippen molar-refractivity contribution in [3.8, 4) is 0 Å². The summed E-state index contributed by atoms with van der Waals surface area (Å²) in [5.41, 5.74) is 2.01. The molecule has 0 aromatic heterocycles. The fourth-order valence-electron chi connectivity index (χ4n) is 4.10. The molecule has 2 aromatic rings. The number of anilines is 1. The minimum absolute atomic E-state index is 0.176. The average molecular weight is 528 g/mol. The van der Waals surface area contributed by atoms with Gasteiger partial charge in [0.1, 0.15) is 6.61 Å². The van der Waals surface area contributed by atoms with Crippen molar-refractivity contribution in [3.05, 3.63) is 65.7 Å². The predicted molar refractivity (Wildman–Crippen MR) is 142 cm³/mol. The highest BCUT2D eigenvalue weighted by atomic mass is 32.2. The van der Waals surface area contributed by atoms with Crippen LogP contribution in [0, 0.1) is 0 Å². The molecule has 1 aliphatic heterocycles. The standard InChI is InChI=1S/C27H33N3O6S/c1-3-4-13-27(25(33)34)30(14-15-37-27)23(31)17-28-26(35)29-22-12-8-11-21(16-22)19(2)24(32)36-18-20-9-6-5-7-10-20/h5-12,16,19H,3-4,13-15,17-18H2,1-2H3,(H,33,34)(H2,28,29,35)/t19-,27?/m0/s1. The van der Waals surface area contributed by atoms with Crippen molar-refractivity contribution < 1.29 is 29.0 Å². The van der Waals surface area contributed by atoms with Crippen molar-refractivity contribution in [2.24, 2.45) is 0 Å². The van der Waals surface area contributed by atoms with E-state index in [1.807, 2.05) is 37.3 Å². The number of ether oxygens (including phenoxy) is 1. The highest BCUT2D eigenvalue weighted by molar-refractivity contribution is 8.01. The van der Waals surface area contributed by atoms with Crippen LogP contribution in [0.2, 0.25) is 0 Å². The number of aliphatic carboxylic acids is 1. The molecule has 1 unspecified atom stereocenters. The lowest BCUT2D eigenvalue weighted by Crippen LogP contribution is -2.54.